The molecule has 0 saturated carbocycles. The minimum absolute atomic E-state index is 0.268. The monoisotopic (exact) mass is 225 g/mol. The van der Waals surface area contributed by atoms with E-state index in [4.69, 9.17) is 22.3 Å². The zero-order valence-electron chi connectivity index (χ0n) is 5.87. The van der Waals surface area contributed by atoms with Gasteiger partial charge in [0.1, 0.15) is 0 Å². The van der Waals surface area contributed by atoms with Crippen LogP contribution in [0.4, 0.5) is 0 Å². The molecular formula is C6H5Cl2NO2S. The highest BCUT2D eigenvalue weighted by Gasteiger charge is 2.09. The van der Waals surface area contributed by atoms with Gasteiger partial charge in [0.05, 0.1) is 10.8 Å². The summed E-state index contributed by atoms with van der Waals surface area (Å²) in [7, 11) is 1.49. The van der Waals surface area contributed by atoms with Crippen LogP contribution in [-0.4, -0.2) is 13.4 Å². The molecule has 1 aromatic rings. The Morgan fingerprint density at radius 1 is 1.50 bits per heavy atom. The van der Waals surface area contributed by atoms with Gasteiger partial charge in [0.2, 0.25) is 9.05 Å². The van der Waals surface area contributed by atoms with Gasteiger partial charge in [0, 0.05) is 23.1 Å². The summed E-state index contributed by atoms with van der Waals surface area (Å²) in [5.74, 6) is -0.268. The Balaban J connectivity index is 2.98. The van der Waals surface area contributed by atoms with Crippen molar-refractivity contribution in [2.75, 3.05) is 0 Å². The normalized spacial score (nSPS) is 11.5. The molecule has 0 atom stereocenters. The van der Waals surface area contributed by atoms with Crippen molar-refractivity contribution in [3.8, 4) is 0 Å². The van der Waals surface area contributed by atoms with Crippen LogP contribution in [0.3, 0.4) is 0 Å². The van der Waals surface area contributed by atoms with E-state index in [2.05, 4.69) is 4.98 Å². The lowest BCUT2D eigenvalue weighted by Crippen LogP contribution is -1.95. The van der Waals surface area contributed by atoms with Gasteiger partial charge in [-0.25, -0.2) is 8.42 Å². The Labute approximate surface area is 79.8 Å². The van der Waals surface area contributed by atoms with Gasteiger partial charge in [0.25, 0.3) is 0 Å². The predicted molar refractivity (Wildman–Crippen MR) is 47.7 cm³/mol. The summed E-state index contributed by atoms with van der Waals surface area (Å²) >= 11 is 5.64. The van der Waals surface area contributed by atoms with Crippen LogP contribution in [0.15, 0.2) is 18.5 Å². The van der Waals surface area contributed by atoms with E-state index in [1.165, 1.54) is 18.5 Å². The van der Waals surface area contributed by atoms with Crippen LogP contribution >= 0.6 is 22.3 Å². The molecule has 0 saturated heterocycles. The Kier molecular flexibility index (Phi) is 2.93. The molecule has 3 nitrogen and oxygen atoms in total. The highest BCUT2D eigenvalue weighted by molar-refractivity contribution is 8.13. The first-order chi connectivity index (χ1) is 5.49. The first-order valence-corrected chi connectivity index (χ1v) is 5.85. The lowest BCUT2D eigenvalue weighted by molar-refractivity contribution is 0.609. The Bertz CT molecular complexity index is 377. The summed E-state index contributed by atoms with van der Waals surface area (Å²) in [6.07, 6.45) is 2.84. The van der Waals surface area contributed by atoms with E-state index < -0.39 is 9.05 Å². The molecule has 66 valence electrons. The number of halogens is 2. The fourth-order valence-electron chi connectivity index (χ4n) is 0.707. The topological polar surface area (TPSA) is 47.0 Å². The molecule has 0 unspecified atom stereocenters. The van der Waals surface area contributed by atoms with Crippen molar-refractivity contribution in [1.29, 1.82) is 0 Å². The highest BCUT2D eigenvalue weighted by atomic mass is 35.7. The number of hydrogen-bond acceptors (Lipinski definition) is 3. The van der Waals surface area contributed by atoms with E-state index in [0.717, 1.165) is 0 Å². The maximum Gasteiger partial charge on any atom is 0.236 e. The summed E-state index contributed by atoms with van der Waals surface area (Å²) in [6, 6.07) is 1.52. The molecule has 0 radical (unpaired) electrons. The van der Waals surface area contributed by atoms with E-state index >= 15 is 0 Å². The van der Waals surface area contributed by atoms with E-state index in [-0.39, 0.29) is 5.75 Å². The molecule has 0 bridgehead atoms. The number of rotatable bonds is 2. The van der Waals surface area contributed by atoms with E-state index in [9.17, 15) is 8.42 Å². The zero-order valence-corrected chi connectivity index (χ0v) is 8.20. The fourth-order valence-corrected chi connectivity index (χ4v) is 1.95. The predicted octanol–water partition coefficient (Wildman–Crippen LogP) is 1.80. The van der Waals surface area contributed by atoms with Crippen LogP contribution in [0.2, 0.25) is 5.02 Å². The van der Waals surface area contributed by atoms with Gasteiger partial charge < -0.3 is 0 Å². The van der Waals surface area contributed by atoms with Crippen LogP contribution < -0.4 is 0 Å². The first-order valence-electron chi connectivity index (χ1n) is 3.00. The van der Waals surface area contributed by atoms with Gasteiger partial charge in [-0.1, -0.05) is 11.6 Å². The second kappa shape index (κ2) is 3.60. The third-order valence-corrected chi connectivity index (χ3v) is 2.51. The molecule has 0 N–H and O–H groups in total. The zero-order chi connectivity index (χ0) is 9.19. The number of nitrogens with zero attached hydrogens (tertiary/aromatic N) is 1. The van der Waals surface area contributed by atoms with E-state index in [1.54, 1.807) is 0 Å². The van der Waals surface area contributed by atoms with Crippen molar-refractivity contribution >= 4 is 31.3 Å². The minimum atomic E-state index is -3.54. The van der Waals surface area contributed by atoms with Crippen molar-refractivity contribution in [3.05, 3.63) is 29.0 Å². The largest absolute Gasteiger partial charge is 0.263 e. The summed E-state index contributed by atoms with van der Waals surface area (Å²) < 4.78 is 21.3. The van der Waals surface area contributed by atoms with Crippen LogP contribution in [0, 0.1) is 0 Å². The molecule has 1 heterocycles. The van der Waals surface area contributed by atoms with Crippen LogP contribution in [0.1, 0.15) is 5.56 Å². The molecule has 0 aromatic carbocycles. The lowest BCUT2D eigenvalue weighted by Gasteiger charge is -1.98. The van der Waals surface area contributed by atoms with Gasteiger partial charge in [0.15, 0.2) is 0 Å². The fraction of sp³-hybridized carbons (Fsp3) is 0.167. The second-order valence-corrected chi connectivity index (χ2v) is 5.33. The van der Waals surface area contributed by atoms with Crippen LogP contribution in [0.25, 0.3) is 0 Å². The van der Waals surface area contributed by atoms with Gasteiger partial charge in [-0.3, -0.25) is 4.98 Å². The molecule has 0 aliphatic heterocycles. The van der Waals surface area contributed by atoms with Crippen molar-refractivity contribution in [2.45, 2.75) is 5.75 Å². The third-order valence-electron chi connectivity index (χ3n) is 1.18. The van der Waals surface area contributed by atoms with E-state index in [1.807, 2.05) is 0 Å². The van der Waals surface area contributed by atoms with Crippen molar-refractivity contribution in [1.82, 2.24) is 4.98 Å². The summed E-state index contributed by atoms with van der Waals surface area (Å²) in [5, 5.41) is 0.307. The average molecular weight is 226 g/mol. The first kappa shape index (κ1) is 9.77. The summed E-state index contributed by atoms with van der Waals surface area (Å²) in [5.41, 5.74) is 0.460. The smallest absolute Gasteiger partial charge is 0.236 e. The van der Waals surface area contributed by atoms with Gasteiger partial charge >= 0.3 is 0 Å². The summed E-state index contributed by atoms with van der Waals surface area (Å²) in [6.45, 7) is 0. The maximum absolute atomic E-state index is 10.6. The maximum atomic E-state index is 10.6. The van der Waals surface area contributed by atoms with Crippen molar-refractivity contribution in [3.63, 3.8) is 0 Å². The van der Waals surface area contributed by atoms with Gasteiger partial charge in [-0.2, -0.15) is 0 Å². The third kappa shape index (κ3) is 2.97. The molecule has 1 aromatic heterocycles. The number of aromatic nitrogens is 1. The van der Waals surface area contributed by atoms with Gasteiger partial charge in [-0.05, 0) is 11.6 Å². The average Bonchev–Trinajstić information content (AvgIpc) is 1.91. The molecule has 12 heavy (non-hydrogen) atoms. The van der Waals surface area contributed by atoms with Crippen molar-refractivity contribution < 1.29 is 8.42 Å². The molecule has 0 amide bonds. The highest BCUT2D eigenvalue weighted by Crippen LogP contribution is 2.17. The SMILES string of the molecule is O=S(=O)(Cl)Cc1ccncc1Cl. The standard InChI is InChI=1S/C6H5Cl2NO2S/c7-6-3-9-2-1-5(6)4-12(8,10)11/h1-3H,4H2. The molecule has 0 aliphatic rings. The van der Waals surface area contributed by atoms with Crippen LogP contribution in [-0.2, 0) is 14.8 Å². The summed E-state index contributed by atoms with van der Waals surface area (Å²) in [4.78, 5) is 3.71. The molecule has 6 heteroatoms. The number of pyridine rings is 1. The lowest BCUT2D eigenvalue weighted by atomic mass is 10.3. The molecule has 0 fully saturated rings. The molecular weight excluding hydrogens is 221 g/mol. The Morgan fingerprint density at radius 2 is 2.17 bits per heavy atom. The van der Waals surface area contributed by atoms with Crippen molar-refractivity contribution in [2.24, 2.45) is 0 Å². The van der Waals surface area contributed by atoms with E-state index in [0.29, 0.717) is 10.6 Å². The van der Waals surface area contributed by atoms with Gasteiger partial charge in [-0.15, -0.1) is 0 Å². The minimum Gasteiger partial charge on any atom is -0.263 e. The quantitative estimate of drug-likeness (QED) is 0.722. The molecule has 1 rings (SSSR count). The molecule has 0 spiro atoms. The second-order valence-electron chi connectivity index (χ2n) is 2.15. The Morgan fingerprint density at radius 3 is 2.67 bits per heavy atom. The van der Waals surface area contributed by atoms with Crippen LogP contribution in [0.5, 0.6) is 0 Å². The Hall–Kier alpha value is -0.320. The number of hydrogen-bond donors (Lipinski definition) is 0. The molecule has 0 aliphatic carbocycles.